The summed E-state index contributed by atoms with van der Waals surface area (Å²) < 4.78 is 1.19. The van der Waals surface area contributed by atoms with E-state index in [0.29, 0.717) is 6.04 Å². The SMILES string of the molecule is CCNCc1ccc(N(C)C(C)CCSC)cc1Br. The zero-order valence-electron chi connectivity index (χ0n) is 12.4. The Hall–Kier alpha value is -0.190. The van der Waals surface area contributed by atoms with E-state index in [2.05, 4.69) is 71.5 Å². The van der Waals surface area contributed by atoms with Gasteiger partial charge in [0.25, 0.3) is 0 Å². The number of benzene rings is 1. The number of halogens is 1. The third kappa shape index (κ3) is 5.36. The number of thioether (sulfide) groups is 1. The summed E-state index contributed by atoms with van der Waals surface area (Å²) in [7, 11) is 2.18. The largest absolute Gasteiger partial charge is 0.372 e. The summed E-state index contributed by atoms with van der Waals surface area (Å²) in [6.07, 6.45) is 3.38. The van der Waals surface area contributed by atoms with Crippen LogP contribution in [0.2, 0.25) is 0 Å². The maximum Gasteiger partial charge on any atom is 0.0377 e. The molecule has 0 aliphatic heterocycles. The minimum atomic E-state index is 0.568. The third-order valence-corrected chi connectivity index (χ3v) is 4.79. The summed E-state index contributed by atoms with van der Waals surface area (Å²) in [6.45, 7) is 6.34. The molecule has 1 atom stereocenters. The molecule has 2 nitrogen and oxygen atoms in total. The van der Waals surface area contributed by atoms with Gasteiger partial charge in [0.15, 0.2) is 0 Å². The van der Waals surface area contributed by atoms with E-state index < -0.39 is 0 Å². The molecule has 0 fully saturated rings. The van der Waals surface area contributed by atoms with Gasteiger partial charge in [-0.2, -0.15) is 11.8 Å². The zero-order valence-corrected chi connectivity index (χ0v) is 14.8. The summed E-state index contributed by atoms with van der Waals surface area (Å²) >= 11 is 5.59. The molecule has 19 heavy (non-hydrogen) atoms. The molecule has 1 rings (SSSR count). The first-order chi connectivity index (χ1) is 9.10. The molecule has 0 saturated carbocycles. The van der Waals surface area contributed by atoms with Crippen molar-refractivity contribution in [3.63, 3.8) is 0 Å². The monoisotopic (exact) mass is 344 g/mol. The molecule has 1 aromatic carbocycles. The molecule has 0 radical (unpaired) electrons. The summed E-state index contributed by atoms with van der Waals surface area (Å²) in [5.74, 6) is 1.21. The van der Waals surface area contributed by atoms with E-state index in [9.17, 15) is 0 Å². The van der Waals surface area contributed by atoms with Gasteiger partial charge >= 0.3 is 0 Å². The molecule has 1 unspecified atom stereocenters. The van der Waals surface area contributed by atoms with Crippen molar-refractivity contribution in [1.82, 2.24) is 5.32 Å². The first-order valence-corrected chi connectivity index (χ1v) is 8.99. The van der Waals surface area contributed by atoms with Crippen molar-refractivity contribution in [3.8, 4) is 0 Å². The molecule has 108 valence electrons. The Morgan fingerprint density at radius 1 is 1.42 bits per heavy atom. The second-order valence-corrected chi connectivity index (χ2v) is 6.64. The van der Waals surface area contributed by atoms with E-state index >= 15 is 0 Å². The number of nitrogens with one attached hydrogen (secondary N) is 1. The average Bonchev–Trinajstić information content (AvgIpc) is 2.42. The minimum absolute atomic E-state index is 0.568. The summed E-state index contributed by atoms with van der Waals surface area (Å²) in [5, 5.41) is 3.36. The van der Waals surface area contributed by atoms with Gasteiger partial charge in [-0.25, -0.2) is 0 Å². The number of anilines is 1. The summed E-state index contributed by atoms with van der Waals surface area (Å²) in [4.78, 5) is 2.36. The van der Waals surface area contributed by atoms with Crippen LogP contribution in [0.1, 0.15) is 25.8 Å². The Bertz CT molecular complexity index is 384. The van der Waals surface area contributed by atoms with E-state index in [0.717, 1.165) is 13.1 Å². The van der Waals surface area contributed by atoms with Crippen LogP contribution in [0.4, 0.5) is 5.69 Å². The molecule has 0 aliphatic rings. The van der Waals surface area contributed by atoms with Crippen LogP contribution >= 0.6 is 27.7 Å². The maximum atomic E-state index is 3.68. The second kappa shape index (κ2) is 8.88. The van der Waals surface area contributed by atoms with Crippen LogP contribution in [-0.2, 0) is 6.54 Å². The van der Waals surface area contributed by atoms with Crippen LogP contribution in [0.15, 0.2) is 22.7 Å². The van der Waals surface area contributed by atoms with Crippen molar-refractivity contribution in [2.24, 2.45) is 0 Å². The first-order valence-electron chi connectivity index (χ1n) is 6.81. The number of nitrogens with zero attached hydrogens (tertiary/aromatic N) is 1. The lowest BCUT2D eigenvalue weighted by Gasteiger charge is -2.27. The Morgan fingerprint density at radius 3 is 2.74 bits per heavy atom. The van der Waals surface area contributed by atoms with Crippen molar-refractivity contribution >= 4 is 33.4 Å². The van der Waals surface area contributed by atoms with Gasteiger partial charge in [0.05, 0.1) is 0 Å². The molecular weight excluding hydrogens is 320 g/mol. The molecule has 0 aliphatic carbocycles. The molecule has 1 aromatic rings. The predicted octanol–water partition coefficient (Wildman–Crippen LogP) is 4.14. The Labute approximate surface area is 130 Å². The predicted molar refractivity (Wildman–Crippen MR) is 92.4 cm³/mol. The third-order valence-electron chi connectivity index (χ3n) is 3.41. The molecular formula is C15H25BrN2S. The average molecular weight is 345 g/mol. The van der Waals surface area contributed by atoms with Crippen molar-refractivity contribution in [2.45, 2.75) is 32.9 Å². The fraction of sp³-hybridized carbons (Fsp3) is 0.600. The van der Waals surface area contributed by atoms with Crippen LogP contribution in [-0.4, -0.2) is 31.6 Å². The second-order valence-electron chi connectivity index (χ2n) is 4.80. The molecule has 0 amide bonds. The molecule has 4 heteroatoms. The highest BCUT2D eigenvalue weighted by molar-refractivity contribution is 9.10. The van der Waals surface area contributed by atoms with Crippen molar-refractivity contribution < 1.29 is 0 Å². The quantitative estimate of drug-likeness (QED) is 0.762. The van der Waals surface area contributed by atoms with E-state index in [1.54, 1.807) is 0 Å². The van der Waals surface area contributed by atoms with E-state index in [-0.39, 0.29) is 0 Å². The van der Waals surface area contributed by atoms with Crippen molar-refractivity contribution in [2.75, 3.05) is 30.5 Å². The maximum absolute atomic E-state index is 3.68. The summed E-state index contributed by atoms with van der Waals surface area (Å²) in [6, 6.07) is 7.22. The fourth-order valence-corrected chi connectivity index (χ4v) is 2.98. The number of hydrogen-bond acceptors (Lipinski definition) is 3. The van der Waals surface area contributed by atoms with E-state index in [4.69, 9.17) is 0 Å². The molecule has 0 saturated heterocycles. The van der Waals surface area contributed by atoms with Gasteiger partial charge in [0.1, 0.15) is 0 Å². The molecule has 0 spiro atoms. The van der Waals surface area contributed by atoms with Crippen LogP contribution in [0, 0.1) is 0 Å². The summed E-state index contributed by atoms with van der Waals surface area (Å²) in [5.41, 5.74) is 2.59. The molecule has 0 heterocycles. The smallest absolute Gasteiger partial charge is 0.0377 e. The van der Waals surface area contributed by atoms with Gasteiger partial charge < -0.3 is 10.2 Å². The first kappa shape index (κ1) is 16.9. The van der Waals surface area contributed by atoms with Crippen molar-refractivity contribution in [3.05, 3.63) is 28.2 Å². The van der Waals surface area contributed by atoms with E-state index in [1.807, 2.05) is 11.8 Å². The van der Waals surface area contributed by atoms with Gasteiger partial charge in [-0.05, 0) is 49.6 Å². The molecule has 0 aromatic heterocycles. The highest BCUT2D eigenvalue weighted by Crippen LogP contribution is 2.25. The van der Waals surface area contributed by atoms with Gasteiger partial charge in [-0.1, -0.05) is 28.9 Å². The van der Waals surface area contributed by atoms with Crippen LogP contribution in [0.25, 0.3) is 0 Å². The topological polar surface area (TPSA) is 15.3 Å². The van der Waals surface area contributed by atoms with Gasteiger partial charge in [-0.15, -0.1) is 0 Å². The van der Waals surface area contributed by atoms with E-state index in [1.165, 1.54) is 27.9 Å². The van der Waals surface area contributed by atoms with Crippen LogP contribution in [0.5, 0.6) is 0 Å². The van der Waals surface area contributed by atoms with Gasteiger partial charge in [-0.3, -0.25) is 0 Å². The Kier molecular flexibility index (Phi) is 7.88. The Morgan fingerprint density at radius 2 is 2.16 bits per heavy atom. The lowest BCUT2D eigenvalue weighted by Crippen LogP contribution is -2.29. The van der Waals surface area contributed by atoms with Gasteiger partial charge in [0.2, 0.25) is 0 Å². The minimum Gasteiger partial charge on any atom is -0.372 e. The number of hydrogen-bond donors (Lipinski definition) is 1. The van der Waals surface area contributed by atoms with Crippen molar-refractivity contribution in [1.29, 1.82) is 0 Å². The highest BCUT2D eigenvalue weighted by atomic mass is 79.9. The van der Waals surface area contributed by atoms with Gasteiger partial charge in [0, 0.05) is 29.8 Å². The Balaban J connectivity index is 2.70. The van der Waals surface area contributed by atoms with Crippen LogP contribution in [0.3, 0.4) is 0 Å². The zero-order chi connectivity index (χ0) is 14.3. The highest BCUT2D eigenvalue weighted by Gasteiger charge is 2.11. The molecule has 1 N–H and O–H groups in total. The van der Waals surface area contributed by atoms with Crippen LogP contribution < -0.4 is 10.2 Å². The lowest BCUT2D eigenvalue weighted by molar-refractivity contribution is 0.668. The molecule has 0 bridgehead atoms. The standard InChI is InChI=1S/C15H25BrN2S/c1-5-17-11-13-6-7-14(10-15(13)16)18(3)12(2)8-9-19-4/h6-7,10,12,17H,5,8-9,11H2,1-4H3. The fourth-order valence-electron chi connectivity index (χ4n) is 1.90. The lowest BCUT2D eigenvalue weighted by atomic mass is 10.1. The normalized spacial score (nSPS) is 12.5. The number of rotatable bonds is 8.